The van der Waals surface area contributed by atoms with Gasteiger partial charge in [0.05, 0.1) is 37.6 Å². The maximum Gasteiger partial charge on any atom is 0.514 e. The molecule has 4 bridgehead atoms. The van der Waals surface area contributed by atoms with Gasteiger partial charge in [0.25, 0.3) is 0 Å². The van der Waals surface area contributed by atoms with Crippen LogP contribution in [0.3, 0.4) is 0 Å². The van der Waals surface area contributed by atoms with E-state index in [4.69, 9.17) is 37.9 Å². The number of ether oxygens (including phenoxy) is 8. The third-order valence-electron chi connectivity index (χ3n) is 14.2. The maximum atomic E-state index is 15.2. The molecular formula is C52H54N4O12S. The second-order valence-electron chi connectivity index (χ2n) is 19.2. The van der Waals surface area contributed by atoms with E-state index in [0.717, 1.165) is 22.3 Å². The van der Waals surface area contributed by atoms with E-state index in [-0.39, 0.29) is 48.2 Å². The Morgan fingerprint density at radius 1 is 0.971 bits per heavy atom. The first-order valence-electron chi connectivity index (χ1n) is 22.9. The van der Waals surface area contributed by atoms with Crippen LogP contribution in [0.1, 0.15) is 88.2 Å². The van der Waals surface area contributed by atoms with E-state index in [2.05, 4.69) is 21.2 Å². The molecule has 4 aromatic rings. The average Bonchev–Trinajstić information content (AvgIpc) is 3.81. The molecule has 7 atom stereocenters. The number of nitriles is 1. The SMILES string of the molecule is COc1cc2c(cc1OC(=O)OC(C)(C)C)CCN[C@]21CS[C@@H]2c3c(OC(=O)/C=C\c4ccccc4)c(C)c4c(c3[C@H](COC1=O)N1C2[C@H]2c3c(cc(C)c(OC)c3O)C[C@@H]([C@@H]1C#N)N2C)OCO4. The predicted octanol–water partition coefficient (Wildman–Crippen LogP) is 7.29. The summed E-state index contributed by atoms with van der Waals surface area (Å²) in [7, 11) is 4.96. The molecule has 0 aromatic heterocycles. The van der Waals surface area contributed by atoms with Gasteiger partial charge in [-0.3, -0.25) is 15.1 Å². The largest absolute Gasteiger partial charge is 0.514 e. The minimum atomic E-state index is -1.48. The summed E-state index contributed by atoms with van der Waals surface area (Å²) < 4.78 is 48.4. The Bertz CT molecular complexity index is 2860. The van der Waals surface area contributed by atoms with Crippen molar-refractivity contribution in [2.45, 2.75) is 94.1 Å². The van der Waals surface area contributed by atoms with E-state index < -0.39 is 58.7 Å². The molecule has 69 heavy (non-hydrogen) atoms. The van der Waals surface area contributed by atoms with Crippen molar-refractivity contribution in [2.24, 2.45) is 0 Å². The topological polar surface area (TPSA) is 188 Å². The van der Waals surface area contributed by atoms with Gasteiger partial charge in [-0.15, -0.1) is 11.8 Å². The summed E-state index contributed by atoms with van der Waals surface area (Å²) >= 11 is 1.45. The fraction of sp³-hybridized carbons (Fsp3) is 0.423. The van der Waals surface area contributed by atoms with Crippen LogP contribution in [-0.2, 0) is 37.4 Å². The van der Waals surface area contributed by atoms with Gasteiger partial charge in [0.1, 0.15) is 24.0 Å². The van der Waals surface area contributed by atoms with Gasteiger partial charge in [-0.1, -0.05) is 36.4 Å². The number of nitrogens with one attached hydrogen (secondary N) is 1. The molecule has 360 valence electrons. The zero-order chi connectivity index (χ0) is 48.7. The molecule has 4 aromatic carbocycles. The molecule has 0 radical (unpaired) electrons. The van der Waals surface area contributed by atoms with E-state index >= 15 is 4.79 Å². The Kier molecular flexibility index (Phi) is 11.7. The lowest BCUT2D eigenvalue weighted by Gasteiger charge is -2.62. The molecule has 1 spiro atoms. The number of rotatable bonds is 6. The van der Waals surface area contributed by atoms with Gasteiger partial charge >= 0.3 is 18.1 Å². The first-order valence-corrected chi connectivity index (χ1v) is 24.0. The van der Waals surface area contributed by atoms with Crippen molar-refractivity contribution in [3.05, 3.63) is 105 Å². The summed E-state index contributed by atoms with van der Waals surface area (Å²) in [6.07, 6.45) is 3.09. The minimum Gasteiger partial charge on any atom is -0.504 e. The number of thioether (sulfide) groups is 1. The van der Waals surface area contributed by atoms with Gasteiger partial charge in [0, 0.05) is 52.7 Å². The lowest BCUT2D eigenvalue weighted by atomic mass is 9.71. The summed E-state index contributed by atoms with van der Waals surface area (Å²) in [5.74, 6) is 0.656. The van der Waals surface area contributed by atoms with Crippen LogP contribution in [0.5, 0.6) is 40.2 Å². The Hall–Kier alpha value is -6.45. The third-order valence-corrected chi connectivity index (χ3v) is 15.6. The van der Waals surface area contributed by atoms with Gasteiger partial charge in [0.2, 0.25) is 6.79 Å². The number of likely N-dealkylation sites (N-methyl/N-ethyl adjacent to an activating group) is 1. The molecule has 2 saturated heterocycles. The van der Waals surface area contributed by atoms with Crippen molar-refractivity contribution in [3.63, 3.8) is 0 Å². The van der Waals surface area contributed by atoms with Crippen LogP contribution in [0.15, 0.2) is 54.6 Å². The number of hydrogen-bond donors (Lipinski definition) is 2. The van der Waals surface area contributed by atoms with Crippen molar-refractivity contribution in [1.82, 2.24) is 15.1 Å². The van der Waals surface area contributed by atoms with Gasteiger partial charge in [-0.05, 0) is 101 Å². The Balaban J connectivity index is 1.18. The van der Waals surface area contributed by atoms with Gasteiger partial charge in [-0.25, -0.2) is 14.4 Å². The zero-order valence-corrected chi connectivity index (χ0v) is 40.5. The van der Waals surface area contributed by atoms with Crippen LogP contribution >= 0.6 is 11.8 Å². The highest BCUT2D eigenvalue weighted by atomic mass is 32.2. The van der Waals surface area contributed by atoms with Gasteiger partial charge < -0.3 is 43.0 Å². The number of carbonyl (C=O) groups is 3. The quantitative estimate of drug-likeness (QED) is 0.0848. The van der Waals surface area contributed by atoms with E-state index in [1.54, 1.807) is 39.0 Å². The molecule has 11 rings (SSSR count). The number of aromatic hydroxyl groups is 1. The summed E-state index contributed by atoms with van der Waals surface area (Å²) in [5, 5.41) is 26.5. The Morgan fingerprint density at radius 3 is 2.46 bits per heavy atom. The molecule has 0 saturated carbocycles. The number of nitrogens with zero attached hydrogens (tertiary/aromatic N) is 3. The van der Waals surface area contributed by atoms with Crippen molar-refractivity contribution in [1.29, 1.82) is 5.26 Å². The standard InChI is InChI=1S/C52H54N4O12S/c1-26-18-30-19-32-33(22-53)56-34-23-63-49(59)52(31-21-35(61-7)36(20-29(31)16-17-54-52)66-50(60)68-51(3,4)5)24-69-48(42(56)41(55(32)6)38(30)43(58)44(26)62-8)40-39(34)47-46(64-25-65-47)27(2)45(40)67-37(57)15-14-28-12-10-9-11-13-28/h9-15,18,20-21,32-34,41-42,48,54,58H,16-17,19,23-25H2,1-8H3/b15-14-/t32-,33-,34-,41+,42?,48+,52+/m0/s1. The van der Waals surface area contributed by atoms with Gasteiger partial charge in [0.15, 0.2) is 40.0 Å². The second-order valence-corrected chi connectivity index (χ2v) is 20.3. The zero-order valence-electron chi connectivity index (χ0n) is 39.7. The highest BCUT2D eigenvalue weighted by Gasteiger charge is 2.62. The van der Waals surface area contributed by atoms with Crippen LogP contribution in [0.25, 0.3) is 6.08 Å². The lowest BCUT2D eigenvalue weighted by molar-refractivity contribution is -0.157. The second kappa shape index (κ2) is 17.5. The third kappa shape index (κ3) is 7.59. The normalized spacial score (nSPS) is 25.6. The number of esters is 2. The number of phenolic OH excluding ortho intramolecular Hbond substituents is 1. The molecular weight excluding hydrogens is 905 g/mol. The van der Waals surface area contributed by atoms with Gasteiger partial charge in [-0.2, -0.15) is 5.26 Å². The monoisotopic (exact) mass is 958 g/mol. The van der Waals surface area contributed by atoms with Crippen molar-refractivity contribution >= 4 is 35.9 Å². The predicted molar refractivity (Wildman–Crippen MR) is 253 cm³/mol. The number of methoxy groups -OCH3 is 2. The van der Waals surface area contributed by atoms with E-state index in [1.165, 1.54) is 32.1 Å². The number of fused-ring (bicyclic) bond motifs is 9. The van der Waals surface area contributed by atoms with Crippen LogP contribution in [0.2, 0.25) is 0 Å². The number of hydrogen-bond acceptors (Lipinski definition) is 17. The number of phenols is 1. The smallest absolute Gasteiger partial charge is 0.504 e. The van der Waals surface area contributed by atoms with Crippen LogP contribution in [0, 0.1) is 25.2 Å². The first-order chi connectivity index (χ1) is 33.1. The molecule has 16 nitrogen and oxygen atoms in total. The Morgan fingerprint density at radius 2 is 1.74 bits per heavy atom. The average molecular weight is 959 g/mol. The first kappa shape index (κ1) is 46.3. The van der Waals surface area contributed by atoms with Crippen LogP contribution < -0.4 is 33.7 Å². The molecule has 2 fully saturated rings. The number of carbonyl (C=O) groups excluding carboxylic acids is 3. The molecule has 0 amide bonds. The summed E-state index contributed by atoms with van der Waals surface area (Å²) in [6.45, 7) is 8.95. The molecule has 17 heteroatoms. The number of piperazine rings is 1. The minimum absolute atomic E-state index is 0.0122. The van der Waals surface area contributed by atoms with Crippen molar-refractivity contribution < 1.29 is 57.4 Å². The van der Waals surface area contributed by atoms with Crippen molar-refractivity contribution in [2.75, 3.05) is 47.0 Å². The van der Waals surface area contributed by atoms with E-state index in [1.807, 2.05) is 57.3 Å². The highest BCUT2D eigenvalue weighted by molar-refractivity contribution is 7.99. The molecule has 1 unspecified atom stereocenters. The molecule has 2 N–H and O–H groups in total. The summed E-state index contributed by atoms with van der Waals surface area (Å²) in [4.78, 5) is 46.6. The van der Waals surface area contributed by atoms with Crippen LogP contribution in [0.4, 0.5) is 4.79 Å². The molecule has 0 aliphatic carbocycles. The maximum absolute atomic E-state index is 15.2. The number of benzene rings is 4. The van der Waals surface area contributed by atoms with E-state index in [9.17, 15) is 20.0 Å². The molecule has 7 heterocycles. The van der Waals surface area contributed by atoms with E-state index in [0.29, 0.717) is 64.5 Å². The lowest BCUT2D eigenvalue weighted by Crippen LogP contribution is -2.69. The Labute approximate surface area is 404 Å². The fourth-order valence-corrected chi connectivity index (χ4v) is 13.0. The van der Waals surface area contributed by atoms with Crippen LogP contribution in [-0.4, -0.2) is 104 Å². The molecule has 7 aliphatic heterocycles. The number of aryl methyl sites for hydroxylation is 1. The fourth-order valence-electron chi connectivity index (χ4n) is 11.3. The van der Waals surface area contributed by atoms with Crippen molar-refractivity contribution in [3.8, 4) is 46.3 Å². The summed E-state index contributed by atoms with van der Waals surface area (Å²) in [6, 6.07) is 14.4. The summed E-state index contributed by atoms with van der Waals surface area (Å²) in [5.41, 5.74) is 3.92. The highest BCUT2D eigenvalue weighted by Crippen LogP contribution is 2.64. The molecule has 7 aliphatic rings.